The van der Waals surface area contributed by atoms with Crippen LogP contribution in [0.5, 0.6) is 0 Å². The van der Waals surface area contributed by atoms with Gasteiger partial charge in [0.2, 0.25) is 0 Å². The van der Waals surface area contributed by atoms with Crippen LogP contribution < -0.4 is 0 Å². The molecule has 2 aliphatic rings. The van der Waals surface area contributed by atoms with Gasteiger partial charge in [0.15, 0.2) is 5.78 Å². The molecule has 56 valence electrons. The summed E-state index contributed by atoms with van der Waals surface area (Å²) in [7, 11) is 0. The largest absolute Gasteiger partial charge is 0.381 e. The van der Waals surface area contributed by atoms with Crippen LogP contribution in [0.1, 0.15) is 0 Å². The SMILES string of the molecule is O=C(CCl)[C@@H]1[C@@H]2COC[C@@H]21. The van der Waals surface area contributed by atoms with E-state index in [2.05, 4.69) is 0 Å². The second-order valence-corrected chi connectivity index (χ2v) is 3.26. The Balaban J connectivity index is 1.94. The number of ketones is 1. The van der Waals surface area contributed by atoms with Crippen molar-refractivity contribution in [1.82, 2.24) is 0 Å². The summed E-state index contributed by atoms with van der Waals surface area (Å²) < 4.78 is 5.14. The van der Waals surface area contributed by atoms with Crippen molar-refractivity contribution in [2.75, 3.05) is 19.1 Å². The second kappa shape index (κ2) is 2.21. The minimum atomic E-state index is 0.178. The first-order valence-electron chi connectivity index (χ1n) is 3.51. The van der Waals surface area contributed by atoms with Crippen LogP contribution in [0, 0.1) is 17.8 Å². The minimum absolute atomic E-state index is 0.178. The first kappa shape index (κ1) is 6.62. The zero-order valence-corrected chi connectivity index (χ0v) is 6.30. The molecule has 0 N–H and O–H groups in total. The molecular formula is C7H9ClO2. The number of fused-ring (bicyclic) bond motifs is 1. The highest BCUT2D eigenvalue weighted by Gasteiger charge is 2.57. The van der Waals surface area contributed by atoms with Crippen molar-refractivity contribution in [3.8, 4) is 0 Å². The molecule has 2 rings (SSSR count). The predicted octanol–water partition coefficient (Wildman–Crippen LogP) is 0.687. The molecule has 0 amide bonds. The van der Waals surface area contributed by atoms with Gasteiger partial charge in [0, 0.05) is 5.92 Å². The van der Waals surface area contributed by atoms with Gasteiger partial charge in [-0.3, -0.25) is 4.79 Å². The summed E-state index contributed by atoms with van der Waals surface area (Å²) in [6.07, 6.45) is 0. The molecule has 0 aromatic rings. The van der Waals surface area contributed by atoms with Gasteiger partial charge in [0.05, 0.1) is 19.1 Å². The number of hydrogen-bond donors (Lipinski definition) is 0. The lowest BCUT2D eigenvalue weighted by Gasteiger charge is -1.98. The van der Waals surface area contributed by atoms with Gasteiger partial charge in [-0.05, 0) is 11.8 Å². The average molecular weight is 161 g/mol. The number of hydrogen-bond acceptors (Lipinski definition) is 2. The fraction of sp³-hybridized carbons (Fsp3) is 0.857. The van der Waals surface area contributed by atoms with E-state index in [0.717, 1.165) is 13.2 Å². The molecular weight excluding hydrogens is 152 g/mol. The van der Waals surface area contributed by atoms with Gasteiger partial charge in [-0.1, -0.05) is 0 Å². The quantitative estimate of drug-likeness (QED) is 0.556. The van der Waals surface area contributed by atoms with Gasteiger partial charge < -0.3 is 4.74 Å². The first-order valence-corrected chi connectivity index (χ1v) is 4.04. The second-order valence-electron chi connectivity index (χ2n) is 2.99. The number of carbonyl (C=O) groups excluding carboxylic acids is 1. The van der Waals surface area contributed by atoms with Gasteiger partial charge in [-0.25, -0.2) is 0 Å². The van der Waals surface area contributed by atoms with Crippen LogP contribution in [-0.2, 0) is 9.53 Å². The predicted molar refractivity (Wildman–Crippen MR) is 37.0 cm³/mol. The van der Waals surface area contributed by atoms with E-state index in [1.54, 1.807) is 0 Å². The maximum absolute atomic E-state index is 11.0. The van der Waals surface area contributed by atoms with E-state index in [1.165, 1.54) is 0 Å². The molecule has 2 nitrogen and oxygen atoms in total. The fourth-order valence-corrected chi connectivity index (χ4v) is 1.98. The Morgan fingerprint density at radius 3 is 2.60 bits per heavy atom. The average Bonchev–Trinajstić information content (AvgIpc) is 2.43. The normalized spacial score (nSPS) is 43.1. The van der Waals surface area contributed by atoms with E-state index in [-0.39, 0.29) is 17.6 Å². The first-order chi connectivity index (χ1) is 4.84. The van der Waals surface area contributed by atoms with E-state index in [0.29, 0.717) is 11.8 Å². The van der Waals surface area contributed by atoms with Crippen LogP contribution in [0.2, 0.25) is 0 Å². The summed E-state index contributed by atoms with van der Waals surface area (Å²) in [6.45, 7) is 1.55. The number of rotatable bonds is 2. The molecule has 0 aromatic heterocycles. The number of Topliss-reactive ketones (excluding diaryl/α,β-unsaturated/α-hetero) is 1. The Morgan fingerprint density at radius 1 is 1.50 bits per heavy atom. The number of ether oxygens (including phenoxy) is 1. The molecule has 3 atom stereocenters. The maximum Gasteiger partial charge on any atom is 0.151 e. The van der Waals surface area contributed by atoms with Gasteiger partial charge in [0.1, 0.15) is 0 Å². The van der Waals surface area contributed by atoms with Gasteiger partial charge in [0.25, 0.3) is 0 Å². The lowest BCUT2D eigenvalue weighted by Crippen LogP contribution is -2.10. The van der Waals surface area contributed by atoms with Gasteiger partial charge in [-0.2, -0.15) is 0 Å². The molecule has 0 bridgehead atoms. The maximum atomic E-state index is 11.0. The third-order valence-electron chi connectivity index (χ3n) is 2.46. The molecule has 1 heterocycles. The molecule has 0 unspecified atom stereocenters. The number of halogens is 1. The molecule has 0 spiro atoms. The Morgan fingerprint density at radius 2 is 2.10 bits per heavy atom. The molecule has 1 saturated carbocycles. The van der Waals surface area contributed by atoms with Crippen molar-refractivity contribution in [1.29, 1.82) is 0 Å². The van der Waals surface area contributed by atoms with Crippen LogP contribution in [0.25, 0.3) is 0 Å². The monoisotopic (exact) mass is 160 g/mol. The van der Waals surface area contributed by atoms with Crippen molar-refractivity contribution < 1.29 is 9.53 Å². The summed E-state index contributed by atoms with van der Waals surface area (Å²) >= 11 is 5.41. The third-order valence-corrected chi connectivity index (χ3v) is 2.72. The summed E-state index contributed by atoms with van der Waals surface area (Å²) in [5, 5.41) is 0. The number of carbonyl (C=O) groups is 1. The summed E-state index contributed by atoms with van der Waals surface area (Å²) in [6, 6.07) is 0. The van der Waals surface area contributed by atoms with Gasteiger partial charge in [-0.15, -0.1) is 11.6 Å². The van der Waals surface area contributed by atoms with E-state index < -0.39 is 0 Å². The van der Waals surface area contributed by atoms with Crippen molar-refractivity contribution in [3.05, 3.63) is 0 Å². The highest BCUT2D eigenvalue weighted by Crippen LogP contribution is 2.51. The van der Waals surface area contributed by atoms with E-state index in [9.17, 15) is 4.79 Å². The van der Waals surface area contributed by atoms with E-state index in [4.69, 9.17) is 16.3 Å². The lowest BCUT2D eigenvalue weighted by atomic mass is 10.2. The summed E-state index contributed by atoms with van der Waals surface area (Å²) in [4.78, 5) is 11.0. The van der Waals surface area contributed by atoms with Crippen LogP contribution >= 0.6 is 11.6 Å². The zero-order chi connectivity index (χ0) is 7.14. The van der Waals surface area contributed by atoms with Crippen LogP contribution in [0.15, 0.2) is 0 Å². The standard InChI is InChI=1S/C7H9ClO2/c8-1-6(9)7-4-2-10-3-5(4)7/h4-5,7H,1-3H2/t4-,5+,7-. The van der Waals surface area contributed by atoms with Crippen LogP contribution in [-0.4, -0.2) is 24.9 Å². The topological polar surface area (TPSA) is 26.3 Å². The van der Waals surface area contributed by atoms with E-state index >= 15 is 0 Å². The Hall–Kier alpha value is -0.0800. The molecule has 1 aliphatic carbocycles. The highest BCUT2D eigenvalue weighted by molar-refractivity contribution is 6.28. The summed E-state index contributed by atoms with van der Waals surface area (Å²) in [5.41, 5.74) is 0. The molecule has 1 aliphatic heterocycles. The Kier molecular flexibility index (Phi) is 1.46. The van der Waals surface area contributed by atoms with Crippen LogP contribution in [0.4, 0.5) is 0 Å². The molecule has 10 heavy (non-hydrogen) atoms. The summed E-state index contributed by atoms with van der Waals surface area (Å²) in [5.74, 6) is 1.68. The van der Waals surface area contributed by atoms with Crippen LogP contribution in [0.3, 0.4) is 0 Å². The lowest BCUT2D eigenvalue weighted by molar-refractivity contribution is -0.119. The van der Waals surface area contributed by atoms with E-state index in [1.807, 2.05) is 0 Å². The Labute approximate surface area is 64.5 Å². The number of alkyl halides is 1. The molecule has 0 radical (unpaired) electrons. The smallest absolute Gasteiger partial charge is 0.151 e. The molecule has 1 saturated heterocycles. The van der Waals surface area contributed by atoms with Crippen molar-refractivity contribution >= 4 is 17.4 Å². The molecule has 3 heteroatoms. The molecule has 0 aromatic carbocycles. The fourth-order valence-electron chi connectivity index (χ4n) is 1.81. The molecule has 2 fully saturated rings. The third kappa shape index (κ3) is 0.789. The van der Waals surface area contributed by atoms with Crippen molar-refractivity contribution in [3.63, 3.8) is 0 Å². The highest BCUT2D eigenvalue weighted by atomic mass is 35.5. The van der Waals surface area contributed by atoms with Crippen molar-refractivity contribution in [2.45, 2.75) is 0 Å². The zero-order valence-electron chi connectivity index (χ0n) is 5.55. The Bertz CT molecular complexity index is 159. The minimum Gasteiger partial charge on any atom is -0.381 e. The van der Waals surface area contributed by atoms with Crippen molar-refractivity contribution in [2.24, 2.45) is 17.8 Å². The van der Waals surface area contributed by atoms with Gasteiger partial charge >= 0.3 is 0 Å².